The number of benzene rings is 1. The van der Waals surface area contributed by atoms with Gasteiger partial charge in [-0.3, -0.25) is 0 Å². The first kappa shape index (κ1) is 16.2. The minimum atomic E-state index is 0.427. The number of hydrogen-bond donors (Lipinski definition) is 1. The third-order valence-electron chi connectivity index (χ3n) is 3.81. The van der Waals surface area contributed by atoms with Crippen LogP contribution in [0.1, 0.15) is 51.3 Å². The van der Waals surface area contributed by atoms with E-state index in [1.807, 2.05) is 0 Å². The van der Waals surface area contributed by atoms with Crippen LogP contribution in [0.4, 0.5) is 0 Å². The molecule has 0 bridgehead atoms. The predicted molar refractivity (Wildman–Crippen MR) is 84.6 cm³/mol. The van der Waals surface area contributed by atoms with Crippen LogP contribution in [0.3, 0.4) is 0 Å². The van der Waals surface area contributed by atoms with Gasteiger partial charge in [-0.1, -0.05) is 37.6 Å². The molecule has 108 valence electrons. The molecule has 0 aliphatic heterocycles. The highest BCUT2D eigenvalue weighted by Gasteiger charge is 2.06. The first-order valence-electron chi connectivity index (χ1n) is 7.57. The van der Waals surface area contributed by atoms with Gasteiger partial charge in [0.15, 0.2) is 0 Å². The van der Waals surface area contributed by atoms with Crippen LogP contribution in [0, 0.1) is 0 Å². The summed E-state index contributed by atoms with van der Waals surface area (Å²) in [5.74, 6) is 0. The van der Waals surface area contributed by atoms with Crippen molar-refractivity contribution in [2.45, 2.75) is 52.6 Å². The number of nitrogens with one attached hydrogen (secondary N) is 1. The lowest BCUT2D eigenvalue weighted by molar-refractivity contribution is 0.270. The van der Waals surface area contributed by atoms with Gasteiger partial charge < -0.3 is 10.2 Å². The van der Waals surface area contributed by atoms with E-state index < -0.39 is 0 Å². The van der Waals surface area contributed by atoms with Crippen molar-refractivity contribution < 1.29 is 0 Å². The fourth-order valence-electron chi connectivity index (χ4n) is 2.10. The van der Waals surface area contributed by atoms with Gasteiger partial charge in [-0.25, -0.2) is 0 Å². The van der Waals surface area contributed by atoms with Gasteiger partial charge in [-0.05, 0) is 45.4 Å². The third kappa shape index (κ3) is 5.75. The Bertz CT molecular complexity index is 343. The zero-order valence-corrected chi connectivity index (χ0v) is 13.2. The Labute approximate surface area is 119 Å². The van der Waals surface area contributed by atoms with Crippen molar-refractivity contribution in [3.8, 4) is 0 Å². The molecule has 0 fully saturated rings. The molecule has 1 rings (SSSR count). The van der Waals surface area contributed by atoms with Gasteiger partial charge in [-0.2, -0.15) is 0 Å². The van der Waals surface area contributed by atoms with Crippen molar-refractivity contribution in [3.63, 3.8) is 0 Å². The summed E-state index contributed by atoms with van der Waals surface area (Å²) in [7, 11) is 2.18. The number of nitrogens with zero attached hydrogens (tertiary/aromatic N) is 1. The highest BCUT2D eigenvalue weighted by Crippen LogP contribution is 2.14. The van der Waals surface area contributed by atoms with Crippen LogP contribution in [0.2, 0.25) is 0 Å². The van der Waals surface area contributed by atoms with Crippen molar-refractivity contribution >= 4 is 0 Å². The van der Waals surface area contributed by atoms with E-state index in [1.165, 1.54) is 24.0 Å². The fraction of sp³-hybridized carbons (Fsp3) is 0.647. The molecule has 2 heteroatoms. The summed E-state index contributed by atoms with van der Waals surface area (Å²) >= 11 is 0. The lowest BCUT2D eigenvalue weighted by Gasteiger charge is -2.22. The maximum absolute atomic E-state index is 3.59. The Morgan fingerprint density at radius 2 is 1.74 bits per heavy atom. The first-order chi connectivity index (χ1) is 9.04. The van der Waals surface area contributed by atoms with Crippen molar-refractivity contribution in [3.05, 3.63) is 35.4 Å². The standard InChI is InChI=1S/C17H30N2/c1-6-7-16-8-10-17(11-9-16)15(4)18-12-13-19(5)14(2)3/h8-11,14-15,18H,6-7,12-13H2,1-5H3. The molecule has 1 aromatic carbocycles. The fourth-order valence-corrected chi connectivity index (χ4v) is 2.10. The Morgan fingerprint density at radius 1 is 1.11 bits per heavy atom. The average Bonchev–Trinajstić information content (AvgIpc) is 2.39. The van der Waals surface area contributed by atoms with E-state index in [-0.39, 0.29) is 0 Å². The third-order valence-corrected chi connectivity index (χ3v) is 3.81. The summed E-state index contributed by atoms with van der Waals surface area (Å²) in [4.78, 5) is 2.37. The molecule has 0 heterocycles. The average molecular weight is 262 g/mol. The van der Waals surface area contributed by atoms with Gasteiger partial charge in [0.1, 0.15) is 0 Å². The summed E-state index contributed by atoms with van der Waals surface area (Å²) in [5, 5.41) is 3.59. The molecule has 0 saturated carbocycles. The van der Waals surface area contributed by atoms with Crippen LogP contribution in [0.5, 0.6) is 0 Å². The number of likely N-dealkylation sites (N-methyl/N-ethyl adjacent to an activating group) is 1. The van der Waals surface area contributed by atoms with E-state index in [0.717, 1.165) is 13.1 Å². The number of hydrogen-bond acceptors (Lipinski definition) is 2. The molecule has 0 radical (unpaired) electrons. The van der Waals surface area contributed by atoms with Crippen LogP contribution in [0.15, 0.2) is 24.3 Å². The van der Waals surface area contributed by atoms with Crippen LogP contribution < -0.4 is 5.32 Å². The summed E-state index contributed by atoms with van der Waals surface area (Å²) in [5.41, 5.74) is 2.82. The Balaban J connectivity index is 2.38. The quantitative estimate of drug-likeness (QED) is 0.769. The molecule has 0 spiro atoms. The molecule has 0 aliphatic rings. The van der Waals surface area contributed by atoms with Crippen molar-refractivity contribution in [1.29, 1.82) is 0 Å². The van der Waals surface area contributed by atoms with Crippen molar-refractivity contribution in [2.24, 2.45) is 0 Å². The van der Waals surface area contributed by atoms with Gasteiger partial charge in [0.2, 0.25) is 0 Å². The van der Waals surface area contributed by atoms with E-state index in [1.54, 1.807) is 0 Å². The second kappa shape index (κ2) is 8.34. The number of aryl methyl sites for hydroxylation is 1. The smallest absolute Gasteiger partial charge is 0.0292 e. The van der Waals surface area contributed by atoms with Crippen LogP contribution in [0.25, 0.3) is 0 Å². The lowest BCUT2D eigenvalue weighted by atomic mass is 10.0. The molecule has 19 heavy (non-hydrogen) atoms. The highest BCUT2D eigenvalue weighted by molar-refractivity contribution is 5.24. The maximum Gasteiger partial charge on any atom is 0.0292 e. The van der Waals surface area contributed by atoms with E-state index in [0.29, 0.717) is 12.1 Å². The molecule has 1 N–H and O–H groups in total. The molecule has 1 atom stereocenters. The summed E-state index contributed by atoms with van der Waals surface area (Å²) in [6, 6.07) is 10.1. The zero-order chi connectivity index (χ0) is 14.3. The van der Waals surface area contributed by atoms with Gasteiger partial charge in [0.25, 0.3) is 0 Å². The molecule has 0 saturated heterocycles. The van der Waals surface area contributed by atoms with E-state index in [4.69, 9.17) is 0 Å². The monoisotopic (exact) mass is 262 g/mol. The SMILES string of the molecule is CCCc1ccc(C(C)NCCN(C)C(C)C)cc1. The maximum atomic E-state index is 3.59. The molecule has 1 aromatic rings. The minimum absolute atomic E-state index is 0.427. The van der Waals surface area contributed by atoms with Crippen LogP contribution in [-0.2, 0) is 6.42 Å². The molecule has 0 aromatic heterocycles. The molecule has 1 unspecified atom stereocenters. The second-order valence-electron chi connectivity index (χ2n) is 5.74. The molecule has 0 aliphatic carbocycles. The summed E-state index contributed by atoms with van der Waals surface area (Å²) in [6.07, 6.45) is 2.40. The zero-order valence-electron chi connectivity index (χ0n) is 13.2. The Morgan fingerprint density at radius 3 is 2.26 bits per heavy atom. The predicted octanol–water partition coefficient (Wildman–Crippen LogP) is 3.63. The second-order valence-corrected chi connectivity index (χ2v) is 5.74. The van der Waals surface area contributed by atoms with E-state index in [2.05, 4.69) is 69.2 Å². The first-order valence-corrected chi connectivity index (χ1v) is 7.57. The van der Waals surface area contributed by atoms with Crippen molar-refractivity contribution in [1.82, 2.24) is 10.2 Å². The Hall–Kier alpha value is -0.860. The van der Waals surface area contributed by atoms with Gasteiger partial charge in [0.05, 0.1) is 0 Å². The van der Waals surface area contributed by atoms with Gasteiger partial charge >= 0.3 is 0 Å². The van der Waals surface area contributed by atoms with Crippen LogP contribution >= 0.6 is 0 Å². The normalized spacial score (nSPS) is 13.2. The Kier molecular flexibility index (Phi) is 7.11. The number of rotatable bonds is 8. The molecule has 2 nitrogen and oxygen atoms in total. The summed E-state index contributed by atoms with van der Waals surface area (Å²) < 4.78 is 0. The summed E-state index contributed by atoms with van der Waals surface area (Å²) in [6.45, 7) is 11.1. The van der Waals surface area contributed by atoms with E-state index >= 15 is 0 Å². The van der Waals surface area contributed by atoms with Gasteiger partial charge in [-0.15, -0.1) is 0 Å². The van der Waals surface area contributed by atoms with Crippen LogP contribution in [-0.4, -0.2) is 31.1 Å². The lowest BCUT2D eigenvalue weighted by Crippen LogP contribution is -2.34. The topological polar surface area (TPSA) is 15.3 Å². The largest absolute Gasteiger partial charge is 0.309 e. The molecule has 0 amide bonds. The molecular weight excluding hydrogens is 232 g/mol. The van der Waals surface area contributed by atoms with Crippen molar-refractivity contribution in [2.75, 3.05) is 20.1 Å². The van der Waals surface area contributed by atoms with Gasteiger partial charge in [0, 0.05) is 25.2 Å². The molecular formula is C17H30N2. The minimum Gasteiger partial charge on any atom is -0.309 e. The van der Waals surface area contributed by atoms with E-state index in [9.17, 15) is 0 Å². The highest BCUT2D eigenvalue weighted by atomic mass is 15.1.